The van der Waals surface area contributed by atoms with Gasteiger partial charge in [-0.15, -0.1) is 0 Å². The number of hydrogen-bond acceptors (Lipinski definition) is 5. The minimum absolute atomic E-state index is 0.0787. The highest BCUT2D eigenvalue weighted by atomic mass is 19.1. The normalized spacial score (nSPS) is 16.3. The fraction of sp³-hybridized carbons (Fsp3) is 0.409. The molecule has 30 heavy (non-hydrogen) atoms. The van der Waals surface area contributed by atoms with Crippen LogP contribution in [-0.2, 0) is 0 Å². The van der Waals surface area contributed by atoms with Gasteiger partial charge in [0.05, 0.1) is 35.1 Å². The first-order chi connectivity index (χ1) is 14.2. The number of carbonyl (C=O) groups is 1. The van der Waals surface area contributed by atoms with E-state index in [0.29, 0.717) is 11.3 Å². The molecule has 0 aliphatic heterocycles. The highest BCUT2D eigenvalue weighted by Crippen LogP contribution is 2.41. The van der Waals surface area contributed by atoms with E-state index in [0.717, 1.165) is 34.9 Å². The van der Waals surface area contributed by atoms with Gasteiger partial charge in [0.2, 0.25) is 0 Å². The Morgan fingerprint density at radius 2 is 2.10 bits per heavy atom. The van der Waals surface area contributed by atoms with Crippen LogP contribution in [0.5, 0.6) is 0 Å². The number of hydrogen-bond donors (Lipinski definition) is 4. The zero-order valence-corrected chi connectivity index (χ0v) is 17.3. The maximum Gasteiger partial charge on any atom is 0.255 e. The zero-order chi connectivity index (χ0) is 21.5. The molecule has 158 valence electrons. The van der Waals surface area contributed by atoms with Crippen LogP contribution in [0.1, 0.15) is 44.0 Å². The summed E-state index contributed by atoms with van der Waals surface area (Å²) in [5.74, 6) is -0.434. The Balaban J connectivity index is 1.72. The maximum absolute atomic E-state index is 14.1. The van der Waals surface area contributed by atoms with E-state index in [1.807, 2.05) is 18.2 Å². The van der Waals surface area contributed by atoms with Gasteiger partial charge in [-0.2, -0.15) is 5.10 Å². The van der Waals surface area contributed by atoms with Gasteiger partial charge >= 0.3 is 0 Å². The van der Waals surface area contributed by atoms with Crippen molar-refractivity contribution in [2.24, 2.45) is 0 Å². The lowest BCUT2D eigenvalue weighted by Crippen LogP contribution is -2.42. The summed E-state index contributed by atoms with van der Waals surface area (Å²) in [5.41, 5.74) is 2.06. The number of H-pyrrole nitrogens is 1. The number of fused-ring (bicyclic) bond motifs is 1. The number of nitrogens with one attached hydrogen (secondary N) is 3. The summed E-state index contributed by atoms with van der Waals surface area (Å²) in [6.07, 6.45) is 5.48. The smallest absolute Gasteiger partial charge is 0.255 e. The van der Waals surface area contributed by atoms with Crippen molar-refractivity contribution >= 4 is 22.5 Å². The highest BCUT2D eigenvalue weighted by Gasteiger charge is 2.38. The Morgan fingerprint density at radius 1 is 1.33 bits per heavy atom. The molecule has 1 aromatic carbocycles. The van der Waals surface area contributed by atoms with Gasteiger partial charge in [0.15, 0.2) is 0 Å². The topological polar surface area (TPSA) is 103 Å². The van der Waals surface area contributed by atoms with E-state index in [1.165, 1.54) is 20.0 Å². The second-order valence-corrected chi connectivity index (χ2v) is 8.78. The van der Waals surface area contributed by atoms with E-state index in [2.05, 4.69) is 32.7 Å². The van der Waals surface area contributed by atoms with Crippen molar-refractivity contribution in [2.75, 3.05) is 11.9 Å². The molecule has 7 nitrogen and oxygen atoms in total. The van der Waals surface area contributed by atoms with Crippen LogP contribution < -0.4 is 10.6 Å². The molecule has 4 rings (SSSR count). The van der Waals surface area contributed by atoms with Gasteiger partial charge in [0.25, 0.3) is 5.91 Å². The average Bonchev–Trinajstić information content (AvgIpc) is 3.18. The van der Waals surface area contributed by atoms with E-state index in [9.17, 15) is 14.3 Å². The van der Waals surface area contributed by atoms with Crippen molar-refractivity contribution in [3.05, 3.63) is 42.4 Å². The third-order valence-corrected chi connectivity index (χ3v) is 5.58. The van der Waals surface area contributed by atoms with E-state index in [4.69, 9.17) is 0 Å². The van der Waals surface area contributed by atoms with Crippen LogP contribution in [0.2, 0.25) is 0 Å². The predicted octanol–water partition coefficient (Wildman–Crippen LogP) is 3.43. The quantitative estimate of drug-likeness (QED) is 0.477. The van der Waals surface area contributed by atoms with Gasteiger partial charge in [-0.3, -0.25) is 14.9 Å². The number of amides is 1. The van der Waals surface area contributed by atoms with Crippen molar-refractivity contribution in [1.29, 1.82) is 0 Å². The molecular weight excluding hydrogens is 385 g/mol. The van der Waals surface area contributed by atoms with Gasteiger partial charge in [-0.25, -0.2) is 4.39 Å². The number of aromatic amines is 1. The summed E-state index contributed by atoms with van der Waals surface area (Å²) in [5, 5.41) is 23.5. The molecule has 1 saturated carbocycles. The standard InChI is InChI=1S/C22H26FN5O2/c1-21(2,30)18(23)12-25-20(29)16-11-24-17-5-4-13(14-9-26-27-10-14)8-15(17)19(16)28-22(3)6-7-22/h4-5,8-11,18,30H,6-7,12H2,1-3H3,(H,24,28)(H,25,29)(H,26,27). The molecule has 0 bridgehead atoms. The molecule has 4 N–H and O–H groups in total. The lowest BCUT2D eigenvalue weighted by Gasteiger charge is -2.23. The number of anilines is 1. The van der Waals surface area contributed by atoms with Crippen molar-refractivity contribution in [3.8, 4) is 11.1 Å². The molecule has 1 amide bonds. The van der Waals surface area contributed by atoms with E-state index >= 15 is 0 Å². The number of halogens is 1. The van der Waals surface area contributed by atoms with Gasteiger partial charge in [0.1, 0.15) is 6.17 Å². The molecule has 1 aliphatic rings. The number of aromatic nitrogens is 3. The Bertz CT molecular complexity index is 1070. The van der Waals surface area contributed by atoms with E-state index < -0.39 is 17.7 Å². The van der Waals surface area contributed by atoms with Gasteiger partial charge in [-0.1, -0.05) is 6.07 Å². The Hall–Kier alpha value is -3.00. The zero-order valence-electron chi connectivity index (χ0n) is 17.3. The van der Waals surface area contributed by atoms with Crippen LogP contribution in [0.4, 0.5) is 10.1 Å². The SMILES string of the molecule is CC1(Nc2c(C(=O)NCC(F)C(C)(C)O)cnc3ccc(-c4cn[nH]c4)cc23)CC1. The van der Waals surface area contributed by atoms with Crippen LogP contribution in [0, 0.1) is 0 Å². The van der Waals surface area contributed by atoms with E-state index in [1.54, 1.807) is 12.4 Å². The lowest BCUT2D eigenvalue weighted by molar-refractivity contribution is -0.00177. The van der Waals surface area contributed by atoms with Crippen molar-refractivity contribution in [3.63, 3.8) is 0 Å². The highest BCUT2D eigenvalue weighted by molar-refractivity contribution is 6.08. The number of nitrogens with zero attached hydrogens (tertiary/aromatic N) is 2. The summed E-state index contributed by atoms with van der Waals surface area (Å²) in [4.78, 5) is 17.4. The number of benzene rings is 1. The van der Waals surface area contributed by atoms with Crippen LogP contribution in [0.15, 0.2) is 36.8 Å². The van der Waals surface area contributed by atoms with Crippen LogP contribution in [0.25, 0.3) is 22.0 Å². The average molecular weight is 411 g/mol. The summed E-state index contributed by atoms with van der Waals surface area (Å²) in [6, 6.07) is 5.85. The molecule has 0 spiro atoms. The van der Waals surface area contributed by atoms with Crippen molar-refractivity contribution < 1.29 is 14.3 Å². The summed E-state index contributed by atoms with van der Waals surface area (Å²) in [6.45, 7) is 4.57. The number of rotatable bonds is 7. The maximum atomic E-state index is 14.1. The molecule has 1 unspecified atom stereocenters. The minimum atomic E-state index is -1.58. The number of carbonyl (C=O) groups excluding carboxylic acids is 1. The molecule has 0 radical (unpaired) electrons. The second-order valence-electron chi connectivity index (χ2n) is 8.78. The summed E-state index contributed by atoms with van der Waals surface area (Å²) >= 11 is 0. The first kappa shape index (κ1) is 20.3. The lowest BCUT2D eigenvalue weighted by atomic mass is 10.0. The first-order valence-electron chi connectivity index (χ1n) is 10.0. The first-order valence-corrected chi connectivity index (χ1v) is 10.0. The van der Waals surface area contributed by atoms with Gasteiger partial charge in [-0.05, 0) is 51.3 Å². The number of pyridine rings is 1. The molecule has 2 aromatic heterocycles. The Labute approximate surface area is 174 Å². The minimum Gasteiger partial charge on any atom is -0.387 e. The molecule has 1 atom stereocenters. The largest absolute Gasteiger partial charge is 0.387 e. The fourth-order valence-corrected chi connectivity index (χ4v) is 3.23. The summed E-state index contributed by atoms with van der Waals surface area (Å²) in [7, 11) is 0. The van der Waals surface area contributed by atoms with Crippen LogP contribution >= 0.6 is 0 Å². The Morgan fingerprint density at radius 3 is 2.73 bits per heavy atom. The molecule has 3 aromatic rings. The van der Waals surface area contributed by atoms with Gasteiger partial charge < -0.3 is 15.7 Å². The Kier molecular flexibility index (Phi) is 4.97. The molecule has 8 heteroatoms. The third-order valence-electron chi connectivity index (χ3n) is 5.58. The predicted molar refractivity (Wildman–Crippen MR) is 114 cm³/mol. The van der Waals surface area contributed by atoms with Crippen molar-refractivity contribution in [2.45, 2.75) is 50.9 Å². The summed E-state index contributed by atoms with van der Waals surface area (Å²) < 4.78 is 14.1. The molecule has 0 saturated heterocycles. The molecule has 1 fully saturated rings. The third kappa shape index (κ3) is 4.14. The number of aliphatic hydroxyl groups is 1. The van der Waals surface area contributed by atoms with Gasteiger partial charge in [0, 0.05) is 28.9 Å². The van der Waals surface area contributed by atoms with Crippen LogP contribution in [0.3, 0.4) is 0 Å². The molecular formula is C22H26FN5O2. The monoisotopic (exact) mass is 411 g/mol. The van der Waals surface area contributed by atoms with Crippen LogP contribution in [-0.4, -0.2) is 50.1 Å². The molecule has 1 aliphatic carbocycles. The fourth-order valence-electron chi connectivity index (χ4n) is 3.23. The second kappa shape index (κ2) is 7.36. The molecule has 2 heterocycles. The van der Waals surface area contributed by atoms with E-state index in [-0.39, 0.29) is 12.1 Å². The van der Waals surface area contributed by atoms with Crippen molar-refractivity contribution in [1.82, 2.24) is 20.5 Å². The number of alkyl halides is 1.